The Morgan fingerprint density at radius 2 is 1.59 bits per heavy atom. The first-order valence-electron chi connectivity index (χ1n) is 10.7. The lowest BCUT2D eigenvalue weighted by atomic mass is 9.94. The molecule has 1 amide bonds. The molecule has 0 unspecified atom stereocenters. The van der Waals surface area contributed by atoms with Crippen LogP contribution in [0.2, 0.25) is 0 Å². The van der Waals surface area contributed by atoms with Gasteiger partial charge in [-0.15, -0.1) is 0 Å². The van der Waals surface area contributed by atoms with E-state index < -0.39 is 5.92 Å². The van der Waals surface area contributed by atoms with Crippen molar-refractivity contribution in [3.05, 3.63) is 101 Å². The molecule has 0 saturated carbocycles. The van der Waals surface area contributed by atoms with Crippen LogP contribution in [0.4, 0.5) is 0 Å². The van der Waals surface area contributed by atoms with E-state index in [4.69, 9.17) is 4.74 Å². The van der Waals surface area contributed by atoms with Crippen molar-refractivity contribution in [1.82, 2.24) is 4.90 Å². The molecule has 1 N–H and O–H groups in total. The van der Waals surface area contributed by atoms with Gasteiger partial charge in [0.05, 0.1) is 12.5 Å². The largest absolute Gasteiger partial charge is 0.508 e. The van der Waals surface area contributed by atoms with Gasteiger partial charge in [-0.3, -0.25) is 9.59 Å². The van der Waals surface area contributed by atoms with E-state index in [1.165, 1.54) is 0 Å². The number of rotatable bonds is 10. The summed E-state index contributed by atoms with van der Waals surface area (Å²) in [6.45, 7) is 3.34. The molecule has 0 aliphatic heterocycles. The van der Waals surface area contributed by atoms with Crippen molar-refractivity contribution in [2.75, 3.05) is 26.8 Å². The second kappa shape index (κ2) is 11.3. The highest BCUT2D eigenvalue weighted by atomic mass is 16.5. The highest BCUT2D eigenvalue weighted by Crippen LogP contribution is 2.21. The molecule has 32 heavy (non-hydrogen) atoms. The van der Waals surface area contributed by atoms with Crippen LogP contribution in [0.5, 0.6) is 5.75 Å². The van der Waals surface area contributed by atoms with Gasteiger partial charge in [-0.2, -0.15) is 0 Å². The van der Waals surface area contributed by atoms with Gasteiger partial charge in [0, 0.05) is 31.3 Å². The fourth-order valence-corrected chi connectivity index (χ4v) is 3.58. The van der Waals surface area contributed by atoms with Crippen LogP contribution in [0, 0.1) is 0 Å². The molecule has 0 saturated heterocycles. The van der Waals surface area contributed by atoms with E-state index in [0.717, 1.165) is 11.1 Å². The van der Waals surface area contributed by atoms with Crippen LogP contribution in [-0.4, -0.2) is 48.5 Å². The van der Waals surface area contributed by atoms with Gasteiger partial charge in [0.2, 0.25) is 5.91 Å². The number of methoxy groups -OCH3 is 1. The highest BCUT2D eigenvalue weighted by molar-refractivity contribution is 6.09. The number of benzene rings is 3. The standard InChI is InChI=1S/C27H29NO4/c1-20(23-9-6-10-24(19-23)26(30)22-7-4-3-5-8-22)27(31)28(17-18-32-2)16-15-21-11-13-25(29)14-12-21/h3-14,19-20,29H,15-18H2,1-2H3/t20-/m0/s1. The van der Waals surface area contributed by atoms with Gasteiger partial charge in [-0.25, -0.2) is 0 Å². The monoisotopic (exact) mass is 431 g/mol. The Morgan fingerprint density at radius 3 is 2.28 bits per heavy atom. The van der Waals surface area contributed by atoms with Crippen molar-refractivity contribution in [3.8, 4) is 5.75 Å². The van der Waals surface area contributed by atoms with E-state index >= 15 is 0 Å². The first-order chi connectivity index (χ1) is 15.5. The van der Waals surface area contributed by atoms with Gasteiger partial charge >= 0.3 is 0 Å². The number of ketones is 1. The molecule has 0 heterocycles. The predicted molar refractivity (Wildman–Crippen MR) is 125 cm³/mol. The Kier molecular flexibility index (Phi) is 8.17. The average Bonchev–Trinajstić information content (AvgIpc) is 2.84. The molecule has 0 bridgehead atoms. The second-order valence-electron chi connectivity index (χ2n) is 7.78. The van der Waals surface area contributed by atoms with E-state index in [1.54, 1.807) is 42.3 Å². The first kappa shape index (κ1) is 23.2. The Bertz CT molecular complexity index is 1030. The van der Waals surface area contributed by atoms with Gasteiger partial charge in [-0.05, 0) is 42.7 Å². The molecule has 5 heteroatoms. The third-order valence-electron chi connectivity index (χ3n) is 5.54. The maximum Gasteiger partial charge on any atom is 0.229 e. The fourth-order valence-electron chi connectivity index (χ4n) is 3.58. The number of ether oxygens (including phenoxy) is 1. The third-order valence-corrected chi connectivity index (χ3v) is 5.54. The van der Waals surface area contributed by atoms with Crippen LogP contribution in [0.25, 0.3) is 0 Å². The summed E-state index contributed by atoms with van der Waals surface area (Å²) >= 11 is 0. The van der Waals surface area contributed by atoms with Gasteiger partial charge in [0.15, 0.2) is 5.78 Å². The lowest BCUT2D eigenvalue weighted by molar-refractivity contribution is -0.133. The van der Waals surface area contributed by atoms with E-state index in [2.05, 4.69) is 0 Å². The summed E-state index contributed by atoms with van der Waals surface area (Å²) in [5.74, 6) is -0.240. The highest BCUT2D eigenvalue weighted by Gasteiger charge is 2.23. The summed E-state index contributed by atoms with van der Waals surface area (Å²) < 4.78 is 5.20. The minimum Gasteiger partial charge on any atom is -0.508 e. The van der Waals surface area contributed by atoms with Crippen LogP contribution in [0.15, 0.2) is 78.9 Å². The number of aromatic hydroxyl groups is 1. The maximum atomic E-state index is 13.3. The van der Waals surface area contributed by atoms with Gasteiger partial charge < -0.3 is 14.7 Å². The zero-order valence-corrected chi connectivity index (χ0v) is 18.5. The quantitative estimate of drug-likeness (QED) is 0.482. The van der Waals surface area contributed by atoms with Crippen molar-refractivity contribution in [2.24, 2.45) is 0 Å². The van der Waals surface area contributed by atoms with Crippen LogP contribution in [0.3, 0.4) is 0 Å². The molecule has 166 valence electrons. The number of hydrogen-bond donors (Lipinski definition) is 1. The molecule has 0 aliphatic rings. The molecule has 0 aromatic heterocycles. The summed E-state index contributed by atoms with van der Waals surface area (Å²) in [6, 6.07) is 23.4. The van der Waals surface area contributed by atoms with Gasteiger partial charge in [-0.1, -0.05) is 60.7 Å². The molecule has 0 aliphatic carbocycles. The molecule has 1 atom stereocenters. The molecule has 0 radical (unpaired) electrons. The number of hydrogen-bond acceptors (Lipinski definition) is 4. The molecule has 3 aromatic rings. The van der Waals surface area contributed by atoms with Crippen molar-refractivity contribution < 1.29 is 19.4 Å². The average molecular weight is 432 g/mol. The number of phenolic OH excluding ortho intramolecular Hbond substituents is 1. The van der Waals surface area contributed by atoms with Crippen LogP contribution < -0.4 is 0 Å². The van der Waals surface area contributed by atoms with Crippen molar-refractivity contribution >= 4 is 11.7 Å². The molecule has 5 nitrogen and oxygen atoms in total. The molecular weight excluding hydrogens is 402 g/mol. The Balaban J connectivity index is 1.74. The van der Waals surface area contributed by atoms with E-state index in [-0.39, 0.29) is 17.4 Å². The lowest BCUT2D eigenvalue weighted by Gasteiger charge is -2.26. The molecule has 0 spiro atoms. The van der Waals surface area contributed by atoms with Crippen LogP contribution in [-0.2, 0) is 16.0 Å². The zero-order valence-electron chi connectivity index (χ0n) is 18.5. The Labute approximate surface area is 189 Å². The molecular formula is C27H29NO4. The van der Waals surface area contributed by atoms with E-state index in [1.807, 2.05) is 55.5 Å². The minimum absolute atomic E-state index is 0.00913. The number of carbonyl (C=O) groups excluding carboxylic acids is 2. The predicted octanol–water partition coefficient (Wildman–Crippen LogP) is 4.44. The SMILES string of the molecule is COCCN(CCc1ccc(O)cc1)C(=O)[C@@H](C)c1cccc(C(=O)c2ccccc2)c1. The Hall–Kier alpha value is -3.44. The van der Waals surface area contributed by atoms with Crippen molar-refractivity contribution in [3.63, 3.8) is 0 Å². The summed E-state index contributed by atoms with van der Waals surface area (Å²) in [4.78, 5) is 27.9. The lowest BCUT2D eigenvalue weighted by Crippen LogP contribution is -2.38. The van der Waals surface area contributed by atoms with E-state index in [0.29, 0.717) is 37.2 Å². The molecule has 3 aromatic carbocycles. The fraction of sp³-hybridized carbons (Fsp3) is 0.259. The summed E-state index contributed by atoms with van der Waals surface area (Å²) in [7, 11) is 1.62. The normalized spacial score (nSPS) is 11.7. The number of carbonyl (C=O) groups is 2. The number of phenols is 1. The first-order valence-corrected chi connectivity index (χ1v) is 10.7. The number of amides is 1. The molecule has 3 rings (SSSR count). The summed E-state index contributed by atoms with van der Waals surface area (Å²) in [6.07, 6.45) is 0.676. The van der Waals surface area contributed by atoms with E-state index in [9.17, 15) is 14.7 Å². The van der Waals surface area contributed by atoms with Crippen molar-refractivity contribution in [1.29, 1.82) is 0 Å². The third kappa shape index (κ3) is 6.05. The molecule has 0 fully saturated rings. The maximum absolute atomic E-state index is 13.3. The van der Waals surface area contributed by atoms with Gasteiger partial charge in [0.25, 0.3) is 0 Å². The van der Waals surface area contributed by atoms with Crippen LogP contribution in [0.1, 0.15) is 39.9 Å². The summed E-state index contributed by atoms with van der Waals surface area (Å²) in [5, 5.41) is 9.47. The topological polar surface area (TPSA) is 66.8 Å². The number of nitrogens with zero attached hydrogens (tertiary/aromatic N) is 1. The smallest absolute Gasteiger partial charge is 0.229 e. The zero-order chi connectivity index (χ0) is 22.9. The second-order valence-corrected chi connectivity index (χ2v) is 7.78. The van der Waals surface area contributed by atoms with Crippen molar-refractivity contribution in [2.45, 2.75) is 19.3 Å². The van der Waals surface area contributed by atoms with Gasteiger partial charge in [0.1, 0.15) is 5.75 Å². The van der Waals surface area contributed by atoms with Crippen LogP contribution >= 0.6 is 0 Å². The minimum atomic E-state index is -0.393. The Morgan fingerprint density at radius 1 is 0.906 bits per heavy atom. The summed E-state index contributed by atoms with van der Waals surface area (Å²) in [5.41, 5.74) is 3.05.